The third kappa shape index (κ3) is 6.27. The van der Waals surface area contributed by atoms with Gasteiger partial charge in [0.1, 0.15) is 5.82 Å². The Morgan fingerprint density at radius 1 is 1.17 bits per heavy atom. The first-order valence-electron chi connectivity index (χ1n) is 6.71. The summed E-state index contributed by atoms with van der Waals surface area (Å²) < 4.78 is 42.1. The van der Waals surface area contributed by atoms with Crippen molar-refractivity contribution in [3.05, 3.63) is 65.5 Å². The number of carbonyl (C=O) groups excluding carboxylic acids is 1. The standard InChI is InChI=1S/C9H10FNO.C7H8O3S/c1-6(11)9(12)7-3-2-4-8(10)5-7;1-6-2-4-7(5-3-6)11(8,9)10/h2-6H,11H2,1H3;2-5H,1H3,(H,8,9,10). The number of rotatable bonds is 3. The summed E-state index contributed by atoms with van der Waals surface area (Å²) in [4.78, 5) is 11.1. The number of Topliss-reactive ketones (excluding diaryl/α,β-unsaturated/α-hetero) is 1. The Kier molecular flexibility index (Phi) is 6.56. The van der Waals surface area contributed by atoms with E-state index < -0.39 is 22.0 Å². The van der Waals surface area contributed by atoms with Gasteiger partial charge in [-0.05, 0) is 38.1 Å². The molecular formula is C16H18FNO4S. The van der Waals surface area contributed by atoms with Gasteiger partial charge in [0.15, 0.2) is 5.78 Å². The second-order valence-electron chi connectivity index (χ2n) is 4.95. The van der Waals surface area contributed by atoms with Crippen molar-refractivity contribution in [2.75, 3.05) is 0 Å². The van der Waals surface area contributed by atoms with Gasteiger partial charge in [-0.2, -0.15) is 8.42 Å². The zero-order chi connectivity index (χ0) is 17.6. The van der Waals surface area contributed by atoms with Crippen molar-refractivity contribution >= 4 is 15.9 Å². The van der Waals surface area contributed by atoms with E-state index in [0.29, 0.717) is 5.56 Å². The molecule has 0 aliphatic heterocycles. The lowest BCUT2D eigenvalue weighted by atomic mass is 10.1. The van der Waals surface area contributed by atoms with Gasteiger partial charge >= 0.3 is 0 Å². The quantitative estimate of drug-likeness (QED) is 0.662. The molecule has 2 aromatic carbocycles. The summed E-state index contributed by atoms with van der Waals surface area (Å²) >= 11 is 0. The van der Waals surface area contributed by atoms with Crippen molar-refractivity contribution in [1.29, 1.82) is 0 Å². The molecule has 0 aliphatic rings. The van der Waals surface area contributed by atoms with E-state index in [2.05, 4.69) is 0 Å². The first kappa shape index (κ1) is 19.0. The molecule has 2 aromatic rings. The highest BCUT2D eigenvalue weighted by atomic mass is 32.2. The number of hydrogen-bond donors (Lipinski definition) is 2. The van der Waals surface area contributed by atoms with Crippen LogP contribution in [0.3, 0.4) is 0 Å². The monoisotopic (exact) mass is 339 g/mol. The fourth-order valence-electron chi connectivity index (χ4n) is 1.61. The first-order valence-corrected chi connectivity index (χ1v) is 8.15. The second-order valence-corrected chi connectivity index (χ2v) is 6.37. The van der Waals surface area contributed by atoms with Crippen LogP contribution >= 0.6 is 0 Å². The number of ketones is 1. The second kappa shape index (κ2) is 7.96. The average Bonchev–Trinajstić information content (AvgIpc) is 2.46. The molecule has 0 bridgehead atoms. The molecule has 0 fully saturated rings. The van der Waals surface area contributed by atoms with Gasteiger partial charge in [-0.25, -0.2) is 4.39 Å². The van der Waals surface area contributed by atoms with Gasteiger partial charge in [-0.15, -0.1) is 0 Å². The average molecular weight is 339 g/mol. The predicted molar refractivity (Wildman–Crippen MR) is 85.4 cm³/mol. The van der Waals surface area contributed by atoms with Crippen LogP contribution in [0, 0.1) is 12.7 Å². The number of hydrogen-bond acceptors (Lipinski definition) is 4. The minimum atomic E-state index is -4.02. The van der Waals surface area contributed by atoms with Crippen molar-refractivity contribution in [1.82, 2.24) is 0 Å². The van der Waals surface area contributed by atoms with Crippen LogP contribution in [0.25, 0.3) is 0 Å². The van der Waals surface area contributed by atoms with E-state index in [1.54, 1.807) is 25.1 Å². The molecule has 23 heavy (non-hydrogen) atoms. The first-order chi connectivity index (χ1) is 10.6. The largest absolute Gasteiger partial charge is 0.321 e. The summed E-state index contributed by atoms with van der Waals surface area (Å²) in [6, 6.07) is 10.9. The molecule has 0 saturated carbocycles. The van der Waals surface area contributed by atoms with Crippen LogP contribution < -0.4 is 5.73 Å². The van der Waals surface area contributed by atoms with E-state index >= 15 is 0 Å². The van der Waals surface area contributed by atoms with E-state index in [4.69, 9.17) is 10.3 Å². The summed E-state index contributed by atoms with van der Waals surface area (Å²) in [7, 11) is -4.02. The van der Waals surface area contributed by atoms with Gasteiger partial charge < -0.3 is 5.73 Å². The van der Waals surface area contributed by atoms with Gasteiger partial charge in [-0.3, -0.25) is 9.35 Å². The molecule has 0 radical (unpaired) electrons. The summed E-state index contributed by atoms with van der Waals surface area (Å²) in [6.07, 6.45) is 0. The Bertz CT molecular complexity index is 771. The number of aryl methyl sites for hydroxylation is 1. The highest BCUT2D eigenvalue weighted by Gasteiger charge is 2.10. The Hall–Kier alpha value is -2.09. The van der Waals surface area contributed by atoms with Crippen LogP contribution in [0.5, 0.6) is 0 Å². The van der Waals surface area contributed by atoms with E-state index in [-0.39, 0.29) is 10.7 Å². The lowest BCUT2D eigenvalue weighted by Gasteiger charge is -2.03. The van der Waals surface area contributed by atoms with Gasteiger partial charge in [-0.1, -0.05) is 29.8 Å². The Balaban J connectivity index is 0.000000231. The minimum absolute atomic E-state index is 0.0666. The fraction of sp³-hybridized carbons (Fsp3) is 0.188. The van der Waals surface area contributed by atoms with Crippen molar-refractivity contribution in [3.8, 4) is 0 Å². The van der Waals surface area contributed by atoms with E-state index in [1.807, 2.05) is 6.92 Å². The third-order valence-corrected chi connectivity index (χ3v) is 3.71. The van der Waals surface area contributed by atoms with Crippen molar-refractivity contribution < 1.29 is 22.2 Å². The molecule has 0 saturated heterocycles. The maximum absolute atomic E-state index is 12.6. The Labute approximate surface area is 134 Å². The molecule has 2 rings (SSSR count). The predicted octanol–water partition coefficient (Wildman–Crippen LogP) is 2.60. The minimum Gasteiger partial charge on any atom is -0.321 e. The van der Waals surface area contributed by atoms with E-state index in [9.17, 15) is 17.6 Å². The normalized spacial score (nSPS) is 12.0. The summed E-state index contributed by atoms with van der Waals surface area (Å²) in [6.45, 7) is 3.42. The zero-order valence-corrected chi connectivity index (χ0v) is 13.5. The molecule has 7 heteroatoms. The van der Waals surface area contributed by atoms with E-state index in [0.717, 1.165) is 5.56 Å². The molecule has 0 aromatic heterocycles. The number of carbonyl (C=O) groups is 1. The molecule has 0 spiro atoms. The van der Waals surface area contributed by atoms with Gasteiger partial charge in [0.25, 0.3) is 10.1 Å². The maximum atomic E-state index is 12.6. The molecule has 3 N–H and O–H groups in total. The van der Waals surface area contributed by atoms with Crippen LogP contribution in [0.1, 0.15) is 22.8 Å². The highest BCUT2D eigenvalue weighted by Crippen LogP contribution is 2.08. The van der Waals surface area contributed by atoms with Gasteiger partial charge in [0.05, 0.1) is 10.9 Å². The number of nitrogens with two attached hydrogens (primary N) is 1. The zero-order valence-electron chi connectivity index (χ0n) is 12.7. The van der Waals surface area contributed by atoms with Crippen molar-refractivity contribution in [2.45, 2.75) is 24.8 Å². The van der Waals surface area contributed by atoms with Crippen LogP contribution in [-0.2, 0) is 10.1 Å². The third-order valence-electron chi connectivity index (χ3n) is 2.84. The molecule has 1 atom stereocenters. The molecule has 0 amide bonds. The summed E-state index contributed by atoms with van der Waals surface area (Å²) in [5.74, 6) is -0.656. The van der Waals surface area contributed by atoms with Gasteiger partial charge in [0.2, 0.25) is 0 Å². The SMILES string of the molecule is CC(N)C(=O)c1cccc(F)c1.Cc1ccc(S(=O)(=O)O)cc1. The number of halogens is 1. The molecule has 1 unspecified atom stereocenters. The van der Waals surface area contributed by atoms with Crippen LogP contribution in [0.15, 0.2) is 53.4 Å². The highest BCUT2D eigenvalue weighted by molar-refractivity contribution is 7.85. The lowest BCUT2D eigenvalue weighted by molar-refractivity contribution is 0.0967. The van der Waals surface area contributed by atoms with Crippen molar-refractivity contribution in [2.24, 2.45) is 5.73 Å². The molecule has 0 heterocycles. The topological polar surface area (TPSA) is 97.5 Å². The maximum Gasteiger partial charge on any atom is 0.294 e. The number of benzene rings is 2. The van der Waals surface area contributed by atoms with Crippen LogP contribution in [0.2, 0.25) is 0 Å². The Morgan fingerprint density at radius 3 is 2.17 bits per heavy atom. The summed E-state index contributed by atoms with van der Waals surface area (Å²) in [5.41, 5.74) is 6.63. The molecular weight excluding hydrogens is 321 g/mol. The van der Waals surface area contributed by atoms with Gasteiger partial charge in [0, 0.05) is 5.56 Å². The molecule has 5 nitrogen and oxygen atoms in total. The summed E-state index contributed by atoms with van der Waals surface area (Å²) in [5, 5.41) is 0. The Morgan fingerprint density at radius 2 is 1.74 bits per heavy atom. The fourth-order valence-corrected chi connectivity index (χ4v) is 2.09. The lowest BCUT2D eigenvalue weighted by Crippen LogP contribution is -2.26. The molecule has 0 aliphatic carbocycles. The van der Waals surface area contributed by atoms with Crippen molar-refractivity contribution in [3.63, 3.8) is 0 Å². The molecule has 124 valence electrons. The van der Waals surface area contributed by atoms with Crippen LogP contribution in [-0.4, -0.2) is 24.8 Å². The van der Waals surface area contributed by atoms with E-state index in [1.165, 1.54) is 30.3 Å². The smallest absolute Gasteiger partial charge is 0.294 e. The van der Waals surface area contributed by atoms with Crippen LogP contribution in [0.4, 0.5) is 4.39 Å².